The number of aromatic nitrogens is 1. The Hall–Kier alpha value is -1.86. The molecule has 0 atom stereocenters. The van der Waals surface area contributed by atoms with Crippen molar-refractivity contribution in [2.75, 3.05) is 38.0 Å². The predicted molar refractivity (Wildman–Crippen MR) is 87.4 cm³/mol. The zero-order valence-corrected chi connectivity index (χ0v) is 13.6. The van der Waals surface area contributed by atoms with Crippen LogP contribution in [0.4, 0.5) is 10.6 Å². The van der Waals surface area contributed by atoms with Gasteiger partial charge in [0.15, 0.2) is 0 Å². The van der Waals surface area contributed by atoms with Gasteiger partial charge in [-0.1, -0.05) is 11.6 Å². The van der Waals surface area contributed by atoms with Gasteiger partial charge in [0.1, 0.15) is 5.82 Å². The summed E-state index contributed by atoms with van der Waals surface area (Å²) >= 11 is 5.77. The van der Waals surface area contributed by atoms with E-state index < -0.39 is 0 Å². The Kier molecular flexibility index (Phi) is 4.97. The molecule has 3 heterocycles. The number of rotatable bonds is 4. The molecule has 124 valence electrons. The highest BCUT2D eigenvalue weighted by molar-refractivity contribution is 6.30. The smallest absolute Gasteiger partial charge is 0.317 e. The minimum atomic E-state index is -0.0859. The van der Waals surface area contributed by atoms with Crippen molar-refractivity contribution in [2.24, 2.45) is 0 Å². The summed E-state index contributed by atoms with van der Waals surface area (Å²) < 4.78 is 0. The Morgan fingerprint density at radius 2 is 2.13 bits per heavy atom. The number of carbonyl (C=O) groups excluding carboxylic acids is 2. The van der Waals surface area contributed by atoms with E-state index in [-0.39, 0.29) is 18.0 Å². The van der Waals surface area contributed by atoms with E-state index in [9.17, 15) is 9.59 Å². The molecule has 2 N–H and O–H groups in total. The molecular formula is C15H20ClN5O2. The summed E-state index contributed by atoms with van der Waals surface area (Å²) in [7, 11) is 0. The third kappa shape index (κ3) is 4.11. The number of carbonyl (C=O) groups is 2. The van der Waals surface area contributed by atoms with Crippen molar-refractivity contribution in [3.8, 4) is 0 Å². The van der Waals surface area contributed by atoms with Crippen LogP contribution in [-0.2, 0) is 4.79 Å². The lowest BCUT2D eigenvalue weighted by atomic mass is 10.0. The first-order valence-corrected chi connectivity index (χ1v) is 8.18. The molecule has 2 aliphatic heterocycles. The third-order valence-corrected chi connectivity index (χ3v) is 4.47. The van der Waals surface area contributed by atoms with Crippen molar-refractivity contribution in [2.45, 2.75) is 18.9 Å². The first-order valence-electron chi connectivity index (χ1n) is 7.80. The van der Waals surface area contributed by atoms with Crippen molar-refractivity contribution < 1.29 is 9.59 Å². The van der Waals surface area contributed by atoms with Crippen LogP contribution < -0.4 is 10.6 Å². The molecule has 7 nitrogen and oxygen atoms in total. The van der Waals surface area contributed by atoms with Crippen LogP contribution in [0.5, 0.6) is 0 Å². The number of urea groups is 1. The molecule has 0 aromatic carbocycles. The van der Waals surface area contributed by atoms with Crippen LogP contribution in [0.2, 0.25) is 5.02 Å². The Morgan fingerprint density at radius 1 is 1.35 bits per heavy atom. The molecule has 0 radical (unpaired) electrons. The molecule has 2 saturated heterocycles. The number of amides is 3. The second kappa shape index (κ2) is 7.14. The Morgan fingerprint density at radius 3 is 2.74 bits per heavy atom. The number of pyridine rings is 1. The quantitative estimate of drug-likeness (QED) is 0.864. The molecule has 3 amide bonds. The average molecular weight is 338 g/mol. The van der Waals surface area contributed by atoms with Crippen LogP contribution in [0, 0.1) is 0 Å². The van der Waals surface area contributed by atoms with Gasteiger partial charge in [0.2, 0.25) is 5.91 Å². The van der Waals surface area contributed by atoms with E-state index in [4.69, 9.17) is 11.6 Å². The van der Waals surface area contributed by atoms with Gasteiger partial charge in [0, 0.05) is 38.4 Å². The van der Waals surface area contributed by atoms with Crippen molar-refractivity contribution in [1.82, 2.24) is 20.1 Å². The van der Waals surface area contributed by atoms with Crippen LogP contribution in [0.25, 0.3) is 0 Å². The zero-order valence-electron chi connectivity index (χ0n) is 12.8. The highest BCUT2D eigenvalue weighted by Crippen LogP contribution is 2.18. The minimum absolute atomic E-state index is 0.0370. The molecule has 3 rings (SSSR count). The fourth-order valence-electron chi connectivity index (χ4n) is 3.06. The van der Waals surface area contributed by atoms with Crippen LogP contribution >= 0.6 is 11.6 Å². The van der Waals surface area contributed by atoms with Gasteiger partial charge in [-0.05, 0) is 25.0 Å². The summed E-state index contributed by atoms with van der Waals surface area (Å²) in [6, 6.07) is 3.69. The number of hydrogen-bond donors (Lipinski definition) is 2. The normalized spacial score (nSPS) is 19.7. The fraction of sp³-hybridized carbons (Fsp3) is 0.533. The van der Waals surface area contributed by atoms with Crippen LogP contribution in [-0.4, -0.2) is 65.5 Å². The van der Waals surface area contributed by atoms with E-state index >= 15 is 0 Å². The largest absolute Gasteiger partial charge is 0.336 e. The van der Waals surface area contributed by atoms with Gasteiger partial charge in [-0.3, -0.25) is 9.69 Å². The Bertz CT molecular complexity index is 572. The summed E-state index contributed by atoms with van der Waals surface area (Å²) in [6.45, 7) is 3.48. The molecule has 0 unspecified atom stereocenters. The number of nitrogens with one attached hydrogen (secondary N) is 2. The van der Waals surface area contributed by atoms with E-state index in [1.165, 1.54) is 6.20 Å². The van der Waals surface area contributed by atoms with Crippen LogP contribution in [0.15, 0.2) is 18.3 Å². The van der Waals surface area contributed by atoms with Crippen molar-refractivity contribution in [3.05, 3.63) is 23.4 Å². The summed E-state index contributed by atoms with van der Waals surface area (Å²) in [5.41, 5.74) is 0. The first kappa shape index (κ1) is 16.0. The SMILES string of the molecule is O=C(CN1CCC(N2CCNC2=O)CC1)Nc1ccc(Cl)cn1. The molecule has 23 heavy (non-hydrogen) atoms. The second-order valence-electron chi connectivity index (χ2n) is 5.84. The maximum Gasteiger partial charge on any atom is 0.317 e. The molecule has 0 bridgehead atoms. The summed E-state index contributed by atoms with van der Waals surface area (Å²) in [5.74, 6) is 0.417. The maximum absolute atomic E-state index is 12.1. The number of halogens is 1. The Balaban J connectivity index is 1.44. The van der Waals surface area contributed by atoms with E-state index in [0.29, 0.717) is 17.4 Å². The van der Waals surface area contributed by atoms with E-state index in [0.717, 1.165) is 39.0 Å². The number of nitrogens with zero attached hydrogens (tertiary/aromatic N) is 3. The first-order chi connectivity index (χ1) is 11.1. The highest BCUT2D eigenvalue weighted by Gasteiger charge is 2.30. The van der Waals surface area contributed by atoms with Crippen molar-refractivity contribution >= 4 is 29.4 Å². The molecule has 1 aromatic heterocycles. The van der Waals surface area contributed by atoms with E-state index in [1.54, 1.807) is 12.1 Å². The monoisotopic (exact) mass is 337 g/mol. The average Bonchev–Trinajstić information content (AvgIpc) is 2.96. The molecule has 0 aliphatic carbocycles. The third-order valence-electron chi connectivity index (χ3n) is 4.25. The number of anilines is 1. The van der Waals surface area contributed by atoms with Gasteiger partial charge in [0.05, 0.1) is 11.6 Å². The van der Waals surface area contributed by atoms with Crippen molar-refractivity contribution in [3.63, 3.8) is 0 Å². The minimum Gasteiger partial charge on any atom is -0.336 e. The van der Waals surface area contributed by atoms with Crippen molar-refractivity contribution in [1.29, 1.82) is 0 Å². The summed E-state index contributed by atoms with van der Waals surface area (Å²) in [4.78, 5) is 31.8. The molecular weight excluding hydrogens is 318 g/mol. The van der Waals surface area contributed by atoms with Gasteiger partial charge in [-0.25, -0.2) is 9.78 Å². The Labute approximate surface area is 140 Å². The lowest BCUT2D eigenvalue weighted by molar-refractivity contribution is -0.117. The standard InChI is InChI=1S/C15H20ClN5O2/c16-11-1-2-13(18-9-11)19-14(22)10-20-6-3-12(4-7-20)21-8-5-17-15(21)23/h1-2,9,12H,3-8,10H2,(H,17,23)(H,18,19,22). The molecule has 1 aromatic rings. The molecule has 0 spiro atoms. The van der Waals surface area contributed by atoms with E-state index in [1.807, 2.05) is 4.90 Å². The number of likely N-dealkylation sites (tertiary alicyclic amines) is 1. The van der Waals surface area contributed by atoms with Gasteiger partial charge in [0.25, 0.3) is 0 Å². The van der Waals surface area contributed by atoms with Crippen LogP contribution in [0.1, 0.15) is 12.8 Å². The highest BCUT2D eigenvalue weighted by atomic mass is 35.5. The molecule has 8 heteroatoms. The molecule has 2 fully saturated rings. The van der Waals surface area contributed by atoms with E-state index in [2.05, 4.69) is 20.5 Å². The number of hydrogen-bond acceptors (Lipinski definition) is 4. The zero-order chi connectivity index (χ0) is 16.2. The van der Waals surface area contributed by atoms with Crippen LogP contribution in [0.3, 0.4) is 0 Å². The lowest BCUT2D eigenvalue weighted by Crippen LogP contribution is -2.47. The molecule has 2 aliphatic rings. The second-order valence-corrected chi connectivity index (χ2v) is 6.28. The van der Waals surface area contributed by atoms with Gasteiger partial charge in [-0.2, -0.15) is 0 Å². The maximum atomic E-state index is 12.1. The van der Waals surface area contributed by atoms with Gasteiger partial charge < -0.3 is 15.5 Å². The predicted octanol–water partition coefficient (Wildman–Crippen LogP) is 1.16. The fourth-order valence-corrected chi connectivity index (χ4v) is 3.17. The van der Waals surface area contributed by atoms with Gasteiger partial charge >= 0.3 is 6.03 Å². The number of piperidine rings is 1. The summed E-state index contributed by atoms with van der Waals surface area (Å²) in [6.07, 6.45) is 3.31. The topological polar surface area (TPSA) is 77.6 Å². The lowest BCUT2D eigenvalue weighted by Gasteiger charge is -2.35. The molecule has 0 saturated carbocycles. The van der Waals surface area contributed by atoms with Gasteiger partial charge in [-0.15, -0.1) is 0 Å². The summed E-state index contributed by atoms with van der Waals surface area (Å²) in [5, 5.41) is 6.14.